The van der Waals surface area contributed by atoms with Gasteiger partial charge >= 0.3 is 0 Å². The van der Waals surface area contributed by atoms with Crippen molar-refractivity contribution in [2.75, 3.05) is 39.5 Å². The van der Waals surface area contributed by atoms with Crippen LogP contribution in [0, 0.1) is 5.92 Å². The Bertz CT molecular complexity index is 248. The summed E-state index contributed by atoms with van der Waals surface area (Å²) < 4.78 is 5.67. The Morgan fingerprint density at radius 3 is 2.95 bits per heavy atom. The second kappa shape index (κ2) is 8.20. The zero-order chi connectivity index (χ0) is 13.5. The fourth-order valence-electron chi connectivity index (χ4n) is 3.49. The first-order valence-corrected chi connectivity index (χ1v) is 8.01. The molecule has 0 aromatic carbocycles. The smallest absolute Gasteiger partial charge is 0.0586 e. The molecule has 0 amide bonds. The highest BCUT2D eigenvalue weighted by molar-refractivity contribution is 4.85. The lowest BCUT2D eigenvalue weighted by atomic mass is 9.94. The number of aliphatic hydroxyl groups excluding tert-OH is 1. The SMILES string of the molecule is CCNC1CCOCC1CN1CCCCCC1CO. The number of hydrogen-bond acceptors (Lipinski definition) is 4. The fourth-order valence-corrected chi connectivity index (χ4v) is 3.49. The molecular formula is C15H30N2O2. The molecule has 2 rings (SSSR count). The molecule has 0 saturated carbocycles. The summed E-state index contributed by atoms with van der Waals surface area (Å²) in [7, 11) is 0. The zero-order valence-corrected chi connectivity index (χ0v) is 12.3. The standard InChI is InChI=1S/C15H30N2O2/c1-2-16-15-7-9-19-12-13(15)10-17-8-5-3-4-6-14(17)11-18/h13-16,18H,2-12H2,1H3. The summed E-state index contributed by atoms with van der Waals surface area (Å²) >= 11 is 0. The Morgan fingerprint density at radius 2 is 2.16 bits per heavy atom. The summed E-state index contributed by atoms with van der Waals surface area (Å²) in [6.07, 6.45) is 6.12. The molecule has 2 N–H and O–H groups in total. The first kappa shape index (κ1) is 15.2. The molecule has 2 fully saturated rings. The van der Waals surface area contributed by atoms with Gasteiger partial charge in [-0.3, -0.25) is 4.90 Å². The molecule has 2 saturated heterocycles. The van der Waals surface area contributed by atoms with Crippen LogP contribution in [0.5, 0.6) is 0 Å². The number of nitrogens with zero attached hydrogens (tertiary/aromatic N) is 1. The molecule has 0 aromatic heterocycles. The summed E-state index contributed by atoms with van der Waals surface area (Å²) in [4.78, 5) is 2.51. The van der Waals surface area contributed by atoms with Gasteiger partial charge in [-0.25, -0.2) is 0 Å². The first-order chi connectivity index (χ1) is 9.35. The maximum atomic E-state index is 9.60. The van der Waals surface area contributed by atoms with E-state index in [0.717, 1.165) is 45.7 Å². The van der Waals surface area contributed by atoms with Crippen LogP contribution in [0.1, 0.15) is 39.0 Å². The van der Waals surface area contributed by atoms with Crippen molar-refractivity contribution < 1.29 is 9.84 Å². The van der Waals surface area contributed by atoms with Crippen molar-refractivity contribution in [3.8, 4) is 0 Å². The first-order valence-electron chi connectivity index (χ1n) is 8.01. The molecule has 4 nitrogen and oxygen atoms in total. The van der Waals surface area contributed by atoms with Gasteiger partial charge in [0.25, 0.3) is 0 Å². The average Bonchev–Trinajstić information content (AvgIpc) is 2.66. The minimum atomic E-state index is 0.305. The van der Waals surface area contributed by atoms with Crippen molar-refractivity contribution in [2.24, 2.45) is 5.92 Å². The van der Waals surface area contributed by atoms with Crippen molar-refractivity contribution in [2.45, 2.75) is 51.1 Å². The third-order valence-corrected chi connectivity index (χ3v) is 4.62. The Hall–Kier alpha value is -0.160. The average molecular weight is 270 g/mol. The van der Waals surface area contributed by atoms with Crippen LogP contribution in [0.3, 0.4) is 0 Å². The van der Waals surface area contributed by atoms with Gasteiger partial charge in [0.15, 0.2) is 0 Å². The Morgan fingerprint density at radius 1 is 1.26 bits per heavy atom. The molecule has 0 aliphatic carbocycles. The number of hydrogen-bond donors (Lipinski definition) is 2. The maximum Gasteiger partial charge on any atom is 0.0586 e. The normalized spacial score (nSPS) is 34.1. The highest BCUT2D eigenvalue weighted by Gasteiger charge is 2.29. The molecule has 0 bridgehead atoms. The monoisotopic (exact) mass is 270 g/mol. The van der Waals surface area contributed by atoms with Gasteiger partial charge in [-0.1, -0.05) is 19.8 Å². The van der Waals surface area contributed by atoms with Crippen LogP contribution in [0.15, 0.2) is 0 Å². The Balaban J connectivity index is 1.91. The van der Waals surface area contributed by atoms with E-state index < -0.39 is 0 Å². The number of likely N-dealkylation sites (tertiary alicyclic amines) is 1. The van der Waals surface area contributed by atoms with Crippen LogP contribution in [0.2, 0.25) is 0 Å². The van der Waals surface area contributed by atoms with Gasteiger partial charge in [0.1, 0.15) is 0 Å². The summed E-state index contributed by atoms with van der Waals surface area (Å²) in [6, 6.07) is 0.952. The van der Waals surface area contributed by atoms with E-state index in [1.807, 2.05) is 0 Å². The van der Waals surface area contributed by atoms with Crippen LogP contribution in [-0.4, -0.2) is 61.5 Å². The molecule has 2 aliphatic heterocycles. The summed E-state index contributed by atoms with van der Waals surface area (Å²) in [5, 5.41) is 13.2. The van der Waals surface area contributed by atoms with Gasteiger partial charge in [-0.2, -0.15) is 0 Å². The highest BCUT2D eigenvalue weighted by atomic mass is 16.5. The molecule has 3 unspecified atom stereocenters. The molecule has 112 valence electrons. The van der Waals surface area contributed by atoms with E-state index in [-0.39, 0.29) is 0 Å². The molecule has 4 heteroatoms. The van der Waals surface area contributed by atoms with Gasteiger partial charge in [0.2, 0.25) is 0 Å². The highest BCUT2D eigenvalue weighted by Crippen LogP contribution is 2.22. The third-order valence-electron chi connectivity index (χ3n) is 4.62. The predicted molar refractivity (Wildman–Crippen MR) is 77.3 cm³/mol. The van der Waals surface area contributed by atoms with Crippen LogP contribution in [0.4, 0.5) is 0 Å². The molecule has 2 aliphatic rings. The van der Waals surface area contributed by atoms with Crippen LogP contribution in [0.25, 0.3) is 0 Å². The van der Waals surface area contributed by atoms with Crippen molar-refractivity contribution in [3.05, 3.63) is 0 Å². The maximum absolute atomic E-state index is 9.60. The lowest BCUT2D eigenvalue weighted by Crippen LogP contribution is -2.50. The lowest BCUT2D eigenvalue weighted by molar-refractivity contribution is 0.00540. The minimum Gasteiger partial charge on any atom is -0.395 e. The van der Waals surface area contributed by atoms with E-state index >= 15 is 0 Å². The van der Waals surface area contributed by atoms with Crippen molar-refractivity contribution in [1.29, 1.82) is 0 Å². The van der Waals surface area contributed by atoms with Gasteiger partial charge < -0.3 is 15.2 Å². The number of ether oxygens (including phenoxy) is 1. The van der Waals surface area contributed by atoms with E-state index in [9.17, 15) is 5.11 Å². The summed E-state index contributed by atoms with van der Waals surface area (Å²) in [5.74, 6) is 0.570. The quantitative estimate of drug-likeness (QED) is 0.789. The molecule has 0 aromatic rings. The topological polar surface area (TPSA) is 44.7 Å². The van der Waals surface area contributed by atoms with Crippen LogP contribution in [-0.2, 0) is 4.74 Å². The van der Waals surface area contributed by atoms with E-state index in [2.05, 4.69) is 17.1 Å². The van der Waals surface area contributed by atoms with Crippen molar-refractivity contribution >= 4 is 0 Å². The van der Waals surface area contributed by atoms with E-state index in [0.29, 0.717) is 24.6 Å². The second-order valence-corrected chi connectivity index (χ2v) is 5.97. The van der Waals surface area contributed by atoms with Gasteiger partial charge in [-0.05, 0) is 32.4 Å². The van der Waals surface area contributed by atoms with Crippen molar-refractivity contribution in [3.63, 3.8) is 0 Å². The Labute approximate surface area is 117 Å². The van der Waals surface area contributed by atoms with Crippen molar-refractivity contribution in [1.82, 2.24) is 10.2 Å². The van der Waals surface area contributed by atoms with Gasteiger partial charge in [-0.15, -0.1) is 0 Å². The number of rotatable bonds is 5. The van der Waals surface area contributed by atoms with E-state index in [1.165, 1.54) is 19.3 Å². The molecule has 19 heavy (non-hydrogen) atoms. The minimum absolute atomic E-state index is 0.305. The molecule has 2 heterocycles. The predicted octanol–water partition coefficient (Wildman–Crippen LogP) is 1.24. The lowest BCUT2D eigenvalue weighted by Gasteiger charge is -2.38. The van der Waals surface area contributed by atoms with E-state index in [4.69, 9.17) is 4.74 Å². The molecule has 0 spiro atoms. The molecular weight excluding hydrogens is 240 g/mol. The zero-order valence-electron chi connectivity index (χ0n) is 12.3. The number of aliphatic hydroxyl groups is 1. The van der Waals surface area contributed by atoms with E-state index in [1.54, 1.807) is 0 Å². The summed E-state index contributed by atoms with van der Waals surface area (Å²) in [6.45, 7) is 7.48. The largest absolute Gasteiger partial charge is 0.395 e. The second-order valence-electron chi connectivity index (χ2n) is 5.97. The summed E-state index contributed by atoms with van der Waals surface area (Å²) in [5.41, 5.74) is 0. The third kappa shape index (κ3) is 4.42. The van der Waals surface area contributed by atoms with Crippen LogP contribution < -0.4 is 5.32 Å². The molecule has 0 radical (unpaired) electrons. The van der Waals surface area contributed by atoms with Gasteiger partial charge in [0, 0.05) is 31.2 Å². The van der Waals surface area contributed by atoms with Gasteiger partial charge in [0.05, 0.1) is 13.2 Å². The Kier molecular flexibility index (Phi) is 6.57. The number of nitrogens with one attached hydrogen (secondary N) is 1. The van der Waals surface area contributed by atoms with Crippen LogP contribution >= 0.6 is 0 Å². The molecule has 3 atom stereocenters. The fraction of sp³-hybridized carbons (Fsp3) is 1.00.